The molecule has 1 rings (SSSR count). The maximum absolute atomic E-state index is 12.9. The molecule has 1 unspecified atom stereocenters. The number of aliphatic hydroxyl groups excluding tert-OH is 1. The lowest BCUT2D eigenvalue weighted by Gasteiger charge is -2.14. The zero-order valence-corrected chi connectivity index (χ0v) is 8.03. The fourth-order valence-corrected chi connectivity index (χ4v) is 1.19. The van der Waals surface area contributed by atoms with Gasteiger partial charge in [-0.3, -0.25) is 0 Å². The lowest BCUT2D eigenvalue weighted by molar-refractivity contribution is 0.261. The molecule has 1 aromatic carbocycles. The molecule has 0 spiro atoms. The summed E-state index contributed by atoms with van der Waals surface area (Å²) in [7, 11) is 0. The molecule has 0 aliphatic rings. The van der Waals surface area contributed by atoms with Gasteiger partial charge in [0.25, 0.3) is 0 Å². The third-order valence-electron chi connectivity index (χ3n) is 1.87. The highest BCUT2D eigenvalue weighted by Crippen LogP contribution is 2.24. The summed E-state index contributed by atoms with van der Waals surface area (Å²) < 4.78 is 18.1. The van der Waals surface area contributed by atoms with Crippen LogP contribution in [0.1, 0.15) is 18.5 Å². The number of halogens is 1. The van der Waals surface area contributed by atoms with E-state index in [1.165, 1.54) is 18.2 Å². The van der Waals surface area contributed by atoms with Crippen molar-refractivity contribution in [3.63, 3.8) is 0 Å². The van der Waals surface area contributed by atoms with Gasteiger partial charge in [-0.25, -0.2) is 4.39 Å². The van der Waals surface area contributed by atoms with Crippen molar-refractivity contribution in [3.8, 4) is 5.75 Å². The molecule has 14 heavy (non-hydrogen) atoms. The first-order chi connectivity index (χ1) is 6.69. The Morgan fingerprint density at radius 1 is 1.57 bits per heavy atom. The van der Waals surface area contributed by atoms with Gasteiger partial charge in [-0.05, 0) is 25.1 Å². The zero-order chi connectivity index (χ0) is 10.6. The second-order valence-corrected chi connectivity index (χ2v) is 2.90. The lowest BCUT2D eigenvalue weighted by atomic mass is 10.1. The third-order valence-corrected chi connectivity index (χ3v) is 1.87. The summed E-state index contributed by atoms with van der Waals surface area (Å²) in [5, 5.41) is 8.87. The molecule has 0 radical (unpaired) electrons. The van der Waals surface area contributed by atoms with Crippen molar-refractivity contribution in [1.29, 1.82) is 0 Å². The molecule has 0 saturated heterocycles. The molecule has 0 heterocycles. The van der Waals surface area contributed by atoms with Gasteiger partial charge in [0.2, 0.25) is 0 Å². The van der Waals surface area contributed by atoms with Crippen LogP contribution in [0.5, 0.6) is 5.75 Å². The number of aliphatic hydroxyl groups is 1. The molecular formula is C10H14FNO2. The number of benzene rings is 1. The van der Waals surface area contributed by atoms with E-state index in [0.29, 0.717) is 17.9 Å². The van der Waals surface area contributed by atoms with Crippen LogP contribution in [0.15, 0.2) is 18.2 Å². The van der Waals surface area contributed by atoms with E-state index < -0.39 is 6.04 Å². The van der Waals surface area contributed by atoms with Crippen LogP contribution >= 0.6 is 0 Å². The first-order valence-electron chi connectivity index (χ1n) is 4.47. The molecule has 0 saturated carbocycles. The topological polar surface area (TPSA) is 55.5 Å². The van der Waals surface area contributed by atoms with E-state index in [-0.39, 0.29) is 12.4 Å². The summed E-state index contributed by atoms with van der Waals surface area (Å²) in [6, 6.07) is 3.50. The predicted molar refractivity (Wildman–Crippen MR) is 51.6 cm³/mol. The molecule has 78 valence electrons. The maximum atomic E-state index is 12.9. The standard InChI is InChI=1S/C10H14FNO2/c1-2-14-10-4-3-7(11)5-8(10)9(12)6-13/h3-5,9,13H,2,6,12H2,1H3. The van der Waals surface area contributed by atoms with Gasteiger partial charge in [0.15, 0.2) is 0 Å². The highest BCUT2D eigenvalue weighted by atomic mass is 19.1. The van der Waals surface area contributed by atoms with Crippen LogP contribution in [0.2, 0.25) is 0 Å². The lowest BCUT2D eigenvalue weighted by Crippen LogP contribution is -2.16. The Bertz CT molecular complexity index is 304. The smallest absolute Gasteiger partial charge is 0.124 e. The fourth-order valence-electron chi connectivity index (χ4n) is 1.19. The van der Waals surface area contributed by atoms with Gasteiger partial charge in [-0.15, -0.1) is 0 Å². The highest BCUT2D eigenvalue weighted by Gasteiger charge is 2.12. The van der Waals surface area contributed by atoms with E-state index >= 15 is 0 Å². The van der Waals surface area contributed by atoms with Gasteiger partial charge in [-0.2, -0.15) is 0 Å². The normalized spacial score (nSPS) is 12.6. The van der Waals surface area contributed by atoms with E-state index in [1.807, 2.05) is 6.92 Å². The highest BCUT2D eigenvalue weighted by molar-refractivity contribution is 5.36. The third kappa shape index (κ3) is 2.43. The average molecular weight is 199 g/mol. The van der Waals surface area contributed by atoms with E-state index in [9.17, 15) is 4.39 Å². The molecule has 1 aromatic rings. The first-order valence-corrected chi connectivity index (χ1v) is 4.47. The van der Waals surface area contributed by atoms with Crippen molar-refractivity contribution in [2.24, 2.45) is 5.73 Å². The summed E-state index contributed by atoms with van der Waals surface area (Å²) in [4.78, 5) is 0. The van der Waals surface area contributed by atoms with Crippen molar-refractivity contribution in [3.05, 3.63) is 29.6 Å². The van der Waals surface area contributed by atoms with Crippen LogP contribution in [0.25, 0.3) is 0 Å². The van der Waals surface area contributed by atoms with Gasteiger partial charge in [-0.1, -0.05) is 0 Å². The average Bonchev–Trinajstić information content (AvgIpc) is 2.20. The minimum atomic E-state index is -0.604. The van der Waals surface area contributed by atoms with E-state index in [4.69, 9.17) is 15.6 Å². The zero-order valence-electron chi connectivity index (χ0n) is 8.03. The van der Waals surface area contributed by atoms with Crippen molar-refractivity contribution < 1.29 is 14.2 Å². The van der Waals surface area contributed by atoms with Crippen molar-refractivity contribution in [2.45, 2.75) is 13.0 Å². The summed E-state index contributed by atoms with van der Waals surface area (Å²) in [6.07, 6.45) is 0. The van der Waals surface area contributed by atoms with Crippen LogP contribution in [0.4, 0.5) is 4.39 Å². The van der Waals surface area contributed by atoms with E-state index in [2.05, 4.69) is 0 Å². The van der Waals surface area contributed by atoms with Crippen molar-refractivity contribution in [1.82, 2.24) is 0 Å². The van der Waals surface area contributed by atoms with Crippen molar-refractivity contribution >= 4 is 0 Å². The van der Waals surface area contributed by atoms with Gasteiger partial charge in [0, 0.05) is 5.56 Å². The predicted octanol–water partition coefficient (Wildman–Crippen LogP) is 1.22. The minimum Gasteiger partial charge on any atom is -0.494 e. The maximum Gasteiger partial charge on any atom is 0.124 e. The van der Waals surface area contributed by atoms with Gasteiger partial charge < -0.3 is 15.6 Å². The Morgan fingerprint density at radius 3 is 2.86 bits per heavy atom. The Hall–Kier alpha value is -1.13. The van der Waals surface area contributed by atoms with Gasteiger partial charge in [0.05, 0.1) is 19.3 Å². The van der Waals surface area contributed by atoms with Crippen LogP contribution < -0.4 is 10.5 Å². The van der Waals surface area contributed by atoms with E-state index in [1.54, 1.807) is 0 Å². The molecule has 3 nitrogen and oxygen atoms in total. The number of hydrogen-bond donors (Lipinski definition) is 2. The summed E-state index contributed by atoms with van der Waals surface area (Å²) in [5.41, 5.74) is 6.09. The van der Waals surface area contributed by atoms with Crippen LogP contribution in [0, 0.1) is 5.82 Å². The Balaban J connectivity index is 3.02. The molecule has 3 N–H and O–H groups in total. The van der Waals surface area contributed by atoms with Gasteiger partial charge in [0.1, 0.15) is 11.6 Å². The molecule has 0 aromatic heterocycles. The molecular weight excluding hydrogens is 185 g/mol. The molecule has 1 atom stereocenters. The number of ether oxygens (including phenoxy) is 1. The van der Waals surface area contributed by atoms with Crippen LogP contribution in [0.3, 0.4) is 0 Å². The van der Waals surface area contributed by atoms with Crippen LogP contribution in [-0.4, -0.2) is 18.3 Å². The molecule has 0 bridgehead atoms. The van der Waals surface area contributed by atoms with E-state index in [0.717, 1.165) is 0 Å². The Labute approximate surface area is 82.3 Å². The number of nitrogens with two attached hydrogens (primary N) is 1. The molecule has 4 heteroatoms. The fraction of sp³-hybridized carbons (Fsp3) is 0.400. The summed E-state index contributed by atoms with van der Waals surface area (Å²) >= 11 is 0. The summed E-state index contributed by atoms with van der Waals surface area (Å²) in [5.74, 6) is 0.141. The van der Waals surface area contributed by atoms with Gasteiger partial charge >= 0.3 is 0 Å². The molecule has 0 fully saturated rings. The second-order valence-electron chi connectivity index (χ2n) is 2.90. The molecule has 0 amide bonds. The monoisotopic (exact) mass is 199 g/mol. The largest absolute Gasteiger partial charge is 0.494 e. The first kappa shape index (κ1) is 10.9. The van der Waals surface area contributed by atoms with Crippen molar-refractivity contribution in [2.75, 3.05) is 13.2 Å². The Kier molecular flexibility index (Phi) is 3.85. The molecule has 0 aliphatic heterocycles. The number of hydrogen-bond acceptors (Lipinski definition) is 3. The number of rotatable bonds is 4. The molecule has 0 aliphatic carbocycles. The Morgan fingerprint density at radius 2 is 2.29 bits per heavy atom. The van der Waals surface area contributed by atoms with Crippen LogP contribution in [-0.2, 0) is 0 Å². The summed E-state index contributed by atoms with van der Waals surface area (Å²) in [6.45, 7) is 2.08. The minimum absolute atomic E-state index is 0.233. The quantitative estimate of drug-likeness (QED) is 0.766. The second kappa shape index (κ2) is 4.93. The SMILES string of the molecule is CCOc1ccc(F)cc1C(N)CO.